The third kappa shape index (κ3) is 7.54. The average molecular weight is 556 g/mol. The van der Waals surface area contributed by atoms with Crippen LogP contribution >= 0.6 is 0 Å². The van der Waals surface area contributed by atoms with Gasteiger partial charge < -0.3 is 9.80 Å². The summed E-state index contributed by atoms with van der Waals surface area (Å²) in [5.41, 5.74) is -1.99. The Labute approximate surface area is 225 Å². The molecule has 0 radical (unpaired) electrons. The second-order valence-corrected chi connectivity index (χ2v) is 10.6. The number of hydrogen-bond donors (Lipinski definition) is 0. The van der Waals surface area contributed by atoms with Crippen LogP contribution in [0.25, 0.3) is 0 Å². The maximum Gasteiger partial charge on any atom is 0.416 e. The van der Waals surface area contributed by atoms with Gasteiger partial charge in [-0.25, -0.2) is 0 Å². The lowest BCUT2D eigenvalue weighted by Crippen LogP contribution is -2.50. The maximum absolute atomic E-state index is 13.7. The number of alkyl halides is 6. The largest absolute Gasteiger partial charge is 0.416 e. The SMILES string of the molecule is CN(CCc1cc(C(F)(F)F)cc(C(F)(F)F)c1)C(=O)C(c1ccccc1)N1CCC(N2CCCCC2)CC1. The van der Waals surface area contributed by atoms with Crippen molar-refractivity contribution in [1.29, 1.82) is 0 Å². The highest BCUT2D eigenvalue weighted by Crippen LogP contribution is 2.36. The van der Waals surface area contributed by atoms with Gasteiger partial charge in [-0.1, -0.05) is 36.8 Å². The molecule has 0 saturated carbocycles. The number of amides is 1. The molecular weight excluding hydrogens is 520 g/mol. The highest BCUT2D eigenvalue weighted by atomic mass is 19.4. The summed E-state index contributed by atoms with van der Waals surface area (Å²) in [4.78, 5) is 19.8. The number of likely N-dealkylation sites (tertiary alicyclic amines) is 2. The summed E-state index contributed by atoms with van der Waals surface area (Å²) in [5.74, 6) is -0.222. The molecule has 2 aromatic carbocycles. The molecule has 0 bridgehead atoms. The Morgan fingerprint density at radius 3 is 1.97 bits per heavy atom. The van der Waals surface area contributed by atoms with E-state index in [0.717, 1.165) is 56.7 Å². The first kappa shape index (κ1) is 29.4. The molecule has 1 amide bonds. The Morgan fingerprint density at radius 2 is 1.44 bits per heavy atom. The van der Waals surface area contributed by atoms with Gasteiger partial charge in [-0.15, -0.1) is 0 Å². The molecule has 4 rings (SSSR count). The Balaban J connectivity index is 1.47. The summed E-state index contributed by atoms with van der Waals surface area (Å²) in [7, 11) is 1.55. The van der Waals surface area contributed by atoms with Gasteiger partial charge in [0.1, 0.15) is 6.04 Å². The van der Waals surface area contributed by atoms with Crippen LogP contribution in [0, 0.1) is 0 Å². The maximum atomic E-state index is 13.7. The van der Waals surface area contributed by atoms with Gasteiger partial charge in [-0.3, -0.25) is 9.69 Å². The number of rotatable bonds is 7. The molecule has 2 aromatic rings. The number of nitrogens with zero attached hydrogens (tertiary/aromatic N) is 3. The fourth-order valence-corrected chi connectivity index (χ4v) is 5.72. The van der Waals surface area contributed by atoms with Crippen molar-refractivity contribution in [3.63, 3.8) is 0 Å². The predicted octanol–water partition coefficient (Wildman–Crippen LogP) is 6.42. The fourth-order valence-electron chi connectivity index (χ4n) is 5.72. The van der Waals surface area contributed by atoms with E-state index in [4.69, 9.17) is 0 Å². The van der Waals surface area contributed by atoms with Gasteiger partial charge >= 0.3 is 12.4 Å². The summed E-state index contributed by atoms with van der Waals surface area (Å²) in [6.07, 6.45) is -4.35. The number of likely N-dealkylation sites (N-methyl/N-ethyl adjacent to an activating group) is 1. The first-order valence-electron chi connectivity index (χ1n) is 13.5. The second-order valence-electron chi connectivity index (χ2n) is 10.6. The lowest BCUT2D eigenvalue weighted by Gasteiger charge is -2.43. The van der Waals surface area contributed by atoms with E-state index >= 15 is 0 Å². The van der Waals surface area contributed by atoms with Crippen LogP contribution in [0.3, 0.4) is 0 Å². The second kappa shape index (κ2) is 12.3. The highest BCUT2D eigenvalue weighted by molar-refractivity contribution is 5.83. The molecular formula is C29H35F6N3O. The molecule has 2 fully saturated rings. The Bertz CT molecular complexity index is 1060. The van der Waals surface area contributed by atoms with E-state index < -0.39 is 29.5 Å². The topological polar surface area (TPSA) is 26.8 Å². The van der Waals surface area contributed by atoms with Gasteiger partial charge in [0.15, 0.2) is 0 Å². The minimum atomic E-state index is -4.91. The fraction of sp³-hybridized carbons (Fsp3) is 0.552. The molecule has 39 heavy (non-hydrogen) atoms. The van der Waals surface area contributed by atoms with E-state index in [0.29, 0.717) is 6.04 Å². The number of benzene rings is 2. The number of hydrogen-bond acceptors (Lipinski definition) is 3. The van der Waals surface area contributed by atoms with Crippen LogP contribution in [-0.4, -0.2) is 66.4 Å². The standard InChI is InChI=1S/C29H35F6N3O/c1-36(15-10-21-18-23(28(30,31)32)20-24(19-21)29(33,34)35)27(39)26(22-8-4-2-5-9-22)38-16-11-25(12-17-38)37-13-6-3-7-14-37/h2,4-5,8-9,18-20,25-26H,3,6-7,10-17H2,1H3. The van der Waals surface area contributed by atoms with Crippen LogP contribution in [0.4, 0.5) is 26.3 Å². The van der Waals surface area contributed by atoms with Gasteiger partial charge in [0.2, 0.25) is 5.91 Å². The van der Waals surface area contributed by atoms with Crippen molar-refractivity contribution in [3.8, 4) is 0 Å². The molecule has 2 heterocycles. The Kier molecular flexibility index (Phi) is 9.26. The van der Waals surface area contributed by atoms with Crippen LogP contribution in [0.2, 0.25) is 0 Å². The van der Waals surface area contributed by atoms with Crippen molar-refractivity contribution in [2.24, 2.45) is 0 Å². The van der Waals surface area contributed by atoms with Crippen molar-refractivity contribution in [3.05, 3.63) is 70.8 Å². The van der Waals surface area contributed by atoms with Crippen LogP contribution in [-0.2, 0) is 23.6 Å². The smallest absolute Gasteiger partial charge is 0.344 e. The van der Waals surface area contributed by atoms with Crippen molar-refractivity contribution in [1.82, 2.24) is 14.7 Å². The molecule has 4 nitrogen and oxygen atoms in total. The van der Waals surface area contributed by atoms with E-state index in [1.54, 1.807) is 7.05 Å². The van der Waals surface area contributed by atoms with E-state index in [9.17, 15) is 31.1 Å². The lowest BCUT2D eigenvalue weighted by molar-refractivity contribution is -0.143. The summed E-state index contributed by atoms with van der Waals surface area (Å²) in [6.45, 7) is 3.69. The number of carbonyl (C=O) groups excluding carboxylic acids is 1. The molecule has 2 aliphatic heterocycles. The van der Waals surface area contributed by atoms with E-state index in [1.807, 2.05) is 30.3 Å². The Morgan fingerprint density at radius 1 is 0.872 bits per heavy atom. The zero-order valence-corrected chi connectivity index (χ0v) is 22.1. The molecule has 0 aliphatic carbocycles. The third-order valence-electron chi connectivity index (χ3n) is 7.88. The Hall–Kier alpha value is -2.59. The van der Waals surface area contributed by atoms with Crippen LogP contribution in [0.5, 0.6) is 0 Å². The third-order valence-corrected chi connectivity index (χ3v) is 7.88. The van der Waals surface area contributed by atoms with Crippen molar-refractivity contribution in [2.75, 3.05) is 39.8 Å². The van der Waals surface area contributed by atoms with Gasteiger partial charge in [0, 0.05) is 32.7 Å². The zero-order chi connectivity index (χ0) is 28.2. The van der Waals surface area contributed by atoms with Crippen molar-refractivity contribution in [2.45, 2.75) is 63.0 Å². The molecule has 2 aliphatic rings. The van der Waals surface area contributed by atoms with Crippen molar-refractivity contribution >= 4 is 5.91 Å². The predicted molar refractivity (Wildman–Crippen MR) is 137 cm³/mol. The van der Waals surface area contributed by atoms with Crippen LogP contribution in [0.1, 0.15) is 60.4 Å². The molecule has 10 heteroatoms. The van der Waals surface area contributed by atoms with Crippen molar-refractivity contribution < 1.29 is 31.1 Å². The number of carbonyl (C=O) groups is 1. The monoisotopic (exact) mass is 555 g/mol. The van der Waals surface area contributed by atoms with E-state index in [2.05, 4.69) is 9.80 Å². The molecule has 0 spiro atoms. The molecule has 1 atom stereocenters. The number of halogens is 6. The molecule has 2 saturated heterocycles. The van der Waals surface area contributed by atoms with Gasteiger partial charge in [-0.05, 0) is 74.5 Å². The summed E-state index contributed by atoms with van der Waals surface area (Å²) >= 11 is 0. The molecule has 0 N–H and O–H groups in total. The summed E-state index contributed by atoms with van der Waals surface area (Å²) in [6, 6.07) is 10.9. The lowest BCUT2D eigenvalue weighted by atomic mass is 9.96. The highest BCUT2D eigenvalue weighted by Gasteiger charge is 2.37. The van der Waals surface area contributed by atoms with Gasteiger partial charge in [-0.2, -0.15) is 26.3 Å². The quantitative estimate of drug-likeness (QED) is 0.369. The van der Waals surface area contributed by atoms with Crippen LogP contribution < -0.4 is 0 Å². The normalized spacial score (nSPS) is 19.2. The first-order valence-corrected chi connectivity index (χ1v) is 13.5. The zero-order valence-electron chi connectivity index (χ0n) is 22.1. The number of piperidine rings is 2. The summed E-state index contributed by atoms with van der Waals surface area (Å²) in [5, 5.41) is 0. The molecule has 0 aromatic heterocycles. The first-order chi connectivity index (χ1) is 18.4. The van der Waals surface area contributed by atoms with Crippen LogP contribution in [0.15, 0.2) is 48.5 Å². The minimum absolute atomic E-state index is 0.00891. The van der Waals surface area contributed by atoms with Gasteiger partial charge in [0.25, 0.3) is 0 Å². The molecule has 214 valence electrons. The summed E-state index contributed by atoms with van der Waals surface area (Å²) < 4.78 is 79.6. The van der Waals surface area contributed by atoms with Gasteiger partial charge in [0.05, 0.1) is 11.1 Å². The minimum Gasteiger partial charge on any atom is -0.344 e. The molecule has 1 unspecified atom stereocenters. The average Bonchev–Trinajstić information content (AvgIpc) is 2.92. The van der Waals surface area contributed by atoms with E-state index in [1.165, 1.54) is 24.2 Å². The van der Waals surface area contributed by atoms with E-state index in [-0.39, 0.29) is 30.5 Å².